The highest BCUT2D eigenvalue weighted by Crippen LogP contribution is 2.22. The van der Waals surface area contributed by atoms with Gasteiger partial charge in [0.2, 0.25) is 0 Å². The molecule has 0 aliphatic heterocycles. The van der Waals surface area contributed by atoms with Gasteiger partial charge in [-0.25, -0.2) is 0 Å². The third-order valence-corrected chi connectivity index (χ3v) is 2.88. The van der Waals surface area contributed by atoms with Crippen LogP contribution in [0.2, 0.25) is 0 Å². The maximum Gasteiger partial charge on any atom is 0.0419 e. The van der Waals surface area contributed by atoms with Crippen LogP contribution in [0.3, 0.4) is 0 Å². The number of hydrogen-bond acceptors (Lipinski definition) is 2. The Morgan fingerprint density at radius 3 is 2.44 bits per heavy atom. The molecule has 2 heteroatoms. The summed E-state index contributed by atoms with van der Waals surface area (Å²) >= 11 is 0. The van der Waals surface area contributed by atoms with Crippen molar-refractivity contribution in [1.82, 2.24) is 10.3 Å². The van der Waals surface area contributed by atoms with Crippen LogP contribution in [0.15, 0.2) is 18.3 Å². The van der Waals surface area contributed by atoms with Gasteiger partial charge in [0.05, 0.1) is 0 Å². The van der Waals surface area contributed by atoms with Crippen molar-refractivity contribution in [1.29, 1.82) is 0 Å². The van der Waals surface area contributed by atoms with Crippen LogP contribution < -0.4 is 5.32 Å². The molecule has 0 fully saturated rings. The van der Waals surface area contributed by atoms with E-state index in [0.717, 1.165) is 13.0 Å². The summed E-state index contributed by atoms with van der Waals surface area (Å²) in [4.78, 5) is 4.47. The Kier molecular flexibility index (Phi) is 4.48. The van der Waals surface area contributed by atoms with Crippen molar-refractivity contribution in [3.8, 4) is 0 Å². The van der Waals surface area contributed by atoms with Crippen LogP contribution >= 0.6 is 0 Å². The number of nitrogens with one attached hydrogen (secondary N) is 1. The van der Waals surface area contributed by atoms with Gasteiger partial charge in [-0.2, -0.15) is 0 Å². The second-order valence-corrected chi connectivity index (χ2v) is 5.51. The van der Waals surface area contributed by atoms with Gasteiger partial charge in [0.15, 0.2) is 0 Å². The molecule has 0 spiro atoms. The van der Waals surface area contributed by atoms with E-state index < -0.39 is 0 Å². The predicted octanol–water partition coefficient (Wildman–Crippen LogP) is 2.96. The molecule has 2 nitrogen and oxygen atoms in total. The smallest absolute Gasteiger partial charge is 0.0419 e. The molecular formula is C14H24N2. The molecule has 1 atom stereocenters. The minimum atomic E-state index is 0.266. The van der Waals surface area contributed by atoms with Crippen LogP contribution in [0, 0.1) is 12.3 Å². The third-order valence-electron chi connectivity index (χ3n) is 2.88. The Bertz CT molecular complexity index is 309. The molecule has 1 N–H and O–H groups in total. The van der Waals surface area contributed by atoms with Crippen molar-refractivity contribution in [3.05, 3.63) is 29.6 Å². The van der Waals surface area contributed by atoms with Gasteiger partial charge in [-0.05, 0) is 30.5 Å². The van der Waals surface area contributed by atoms with Gasteiger partial charge in [-0.15, -0.1) is 0 Å². The molecule has 1 rings (SSSR count). The normalized spacial score (nSPS) is 13.8. The summed E-state index contributed by atoms with van der Waals surface area (Å²) in [6.07, 6.45) is 2.94. The Morgan fingerprint density at radius 1 is 1.31 bits per heavy atom. The van der Waals surface area contributed by atoms with Gasteiger partial charge in [0.1, 0.15) is 0 Å². The van der Waals surface area contributed by atoms with Crippen LogP contribution in [0.1, 0.15) is 39.0 Å². The molecule has 1 heterocycles. The molecule has 0 saturated heterocycles. The van der Waals surface area contributed by atoms with Crippen molar-refractivity contribution in [2.24, 2.45) is 5.41 Å². The maximum atomic E-state index is 4.47. The maximum absolute atomic E-state index is 4.47. The third kappa shape index (κ3) is 3.93. The number of aryl methyl sites for hydroxylation is 1. The second kappa shape index (κ2) is 5.44. The van der Waals surface area contributed by atoms with Crippen molar-refractivity contribution < 1.29 is 0 Å². The van der Waals surface area contributed by atoms with Crippen LogP contribution in [0.5, 0.6) is 0 Å². The number of pyridine rings is 1. The average Bonchev–Trinajstić information content (AvgIpc) is 2.19. The summed E-state index contributed by atoms with van der Waals surface area (Å²) in [5.41, 5.74) is 2.66. The number of rotatable bonds is 4. The summed E-state index contributed by atoms with van der Waals surface area (Å²) in [5, 5.41) is 3.55. The summed E-state index contributed by atoms with van der Waals surface area (Å²) in [6, 6.07) is 4.74. The van der Waals surface area contributed by atoms with Crippen molar-refractivity contribution >= 4 is 0 Å². The topological polar surface area (TPSA) is 24.9 Å². The molecule has 1 aromatic heterocycles. The summed E-state index contributed by atoms with van der Waals surface area (Å²) in [5.74, 6) is 0. The minimum absolute atomic E-state index is 0.266. The first-order valence-electron chi connectivity index (χ1n) is 6.08. The van der Waals surface area contributed by atoms with Crippen molar-refractivity contribution in [2.45, 2.75) is 47.1 Å². The lowest BCUT2D eigenvalue weighted by atomic mass is 9.84. The predicted molar refractivity (Wildman–Crippen MR) is 69.6 cm³/mol. The first-order chi connectivity index (χ1) is 7.43. The number of aromatic nitrogens is 1. The molecule has 0 aliphatic rings. The molecule has 1 unspecified atom stereocenters. The van der Waals surface area contributed by atoms with E-state index in [1.54, 1.807) is 0 Å². The quantitative estimate of drug-likeness (QED) is 0.844. The molecule has 0 radical (unpaired) electrons. The molecule has 90 valence electrons. The molecule has 0 bridgehead atoms. The van der Waals surface area contributed by atoms with Crippen LogP contribution in [-0.4, -0.2) is 17.6 Å². The molecule has 0 amide bonds. The van der Waals surface area contributed by atoms with E-state index >= 15 is 0 Å². The van der Waals surface area contributed by atoms with E-state index in [4.69, 9.17) is 0 Å². The highest BCUT2D eigenvalue weighted by molar-refractivity contribution is 5.13. The number of hydrogen-bond donors (Lipinski definition) is 1. The fraction of sp³-hybridized carbons (Fsp3) is 0.643. The lowest BCUT2D eigenvalue weighted by molar-refractivity contribution is 0.268. The minimum Gasteiger partial charge on any atom is -0.313 e. The molecule has 1 aromatic rings. The van der Waals surface area contributed by atoms with E-state index in [1.165, 1.54) is 11.3 Å². The van der Waals surface area contributed by atoms with Gasteiger partial charge >= 0.3 is 0 Å². The molecule has 0 aliphatic carbocycles. The van der Waals surface area contributed by atoms with Gasteiger partial charge in [0, 0.05) is 24.4 Å². The number of nitrogens with zero attached hydrogens (tertiary/aromatic N) is 1. The zero-order valence-electron chi connectivity index (χ0n) is 11.2. The van der Waals surface area contributed by atoms with Gasteiger partial charge in [-0.1, -0.05) is 33.8 Å². The van der Waals surface area contributed by atoms with Crippen LogP contribution in [0.25, 0.3) is 0 Å². The fourth-order valence-corrected chi connectivity index (χ4v) is 1.76. The molecule has 16 heavy (non-hydrogen) atoms. The van der Waals surface area contributed by atoms with E-state index in [1.807, 2.05) is 6.20 Å². The Morgan fingerprint density at radius 2 is 2.00 bits per heavy atom. The summed E-state index contributed by atoms with van der Waals surface area (Å²) < 4.78 is 0. The zero-order chi connectivity index (χ0) is 12.2. The van der Waals surface area contributed by atoms with Gasteiger partial charge < -0.3 is 5.32 Å². The first-order valence-corrected chi connectivity index (χ1v) is 6.08. The second-order valence-electron chi connectivity index (χ2n) is 5.51. The van der Waals surface area contributed by atoms with Gasteiger partial charge in [0.25, 0.3) is 0 Å². The average molecular weight is 220 g/mol. The zero-order valence-corrected chi connectivity index (χ0v) is 11.2. The molecule has 0 saturated carbocycles. The standard InChI is InChI=1S/C14H24N2/c1-6-15-13(14(3,4)5)9-12-8-7-11(2)10-16-12/h7-8,10,13,15H,6,9H2,1-5H3. The van der Waals surface area contributed by atoms with E-state index in [9.17, 15) is 0 Å². The van der Waals surface area contributed by atoms with E-state index in [-0.39, 0.29) is 5.41 Å². The lowest BCUT2D eigenvalue weighted by Gasteiger charge is -2.31. The SMILES string of the molecule is CCNC(Cc1ccc(C)cn1)C(C)(C)C. The van der Waals surface area contributed by atoms with Crippen molar-refractivity contribution in [3.63, 3.8) is 0 Å². The molecule has 0 aromatic carbocycles. The fourth-order valence-electron chi connectivity index (χ4n) is 1.76. The molecular weight excluding hydrogens is 196 g/mol. The van der Waals surface area contributed by atoms with E-state index in [0.29, 0.717) is 6.04 Å². The first kappa shape index (κ1) is 13.2. The van der Waals surface area contributed by atoms with Crippen LogP contribution in [-0.2, 0) is 6.42 Å². The number of likely N-dealkylation sites (N-methyl/N-ethyl adjacent to an activating group) is 1. The Hall–Kier alpha value is -0.890. The highest BCUT2D eigenvalue weighted by Gasteiger charge is 2.24. The lowest BCUT2D eigenvalue weighted by Crippen LogP contribution is -2.42. The summed E-state index contributed by atoms with van der Waals surface area (Å²) in [6.45, 7) is 12.1. The summed E-state index contributed by atoms with van der Waals surface area (Å²) in [7, 11) is 0. The monoisotopic (exact) mass is 220 g/mol. The van der Waals surface area contributed by atoms with Gasteiger partial charge in [-0.3, -0.25) is 4.98 Å². The van der Waals surface area contributed by atoms with E-state index in [2.05, 4.69) is 57.1 Å². The highest BCUT2D eigenvalue weighted by atomic mass is 14.9. The van der Waals surface area contributed by atoms with Crippen molar-refractivity contribution in [2.75, 3.05) is 6.54 Å². The Balaban J connectivity index is 2.72. The van der Waals surface area contributed by atoms with Crippen LogP contribution in [0.4, 0.5) is 0 Å². The Labute approximate surface area is 99.5 Å². The largest absolute Gasteiger partial charge is 0.313 e.